The highest BCUT2D eigenvalue weighted by atomic mass is 19.1. The minimum absolute atomic E-state index is 0.0598. The van der Waals surface area contributed by atoms with Crippen LogP contribution in [0.5, 0.6) is 5.75 Å². The topological polar surface area (TPSA) is 26.3 Å². The Morgan fingerprint density at radius 1 is 1.05 bits per heavy atom. The van der Waals surface area contributed by atoms with Crippen molar-refractivity contribution in [2.45, 2.75) is 6.42 Å². The molecule has 0 fully saturated rings. The molecule has 2 nitrogen and oxygen atoms in total. The molecule has 0 radical (unpaired) electrons. The van der Waals surface area contributed by atoms with Gasteiger partial charge in [0.05, 0.1) is 7.11 Å². The van der Waals surface area contributed by atoms with Crippen molar-refractivity contribution in [3.05, 3.63) is 65.0 Å². The summed E-state index contributed by atoms with van der Waals surface area (Å²) in [5.41, 5.74) is 0.284. The quantitative estimate of drug-likeness (QED) is 0.801. The Kier molecular flexibility index (Phi) is 4.08. The van der Waals surface area contributed by atoms with E-state index in [1.54, 1.807) is 0 Å². The molecular weight excluding hydrogens is 269 g/mol. The van der Waals surface area contributed by atoms with E-state index in [0.717, 1.165) is 12.1 Å². The van der Waals surface area contributed by atoms with Crippen LogP contribution < -0.4 is 4.74 Å². The number of halogens is 3. The molecule has 0 aliphatic heterocycles. The van der Waals surface area contributed by atoms with Gasteiger partial charge in [-0.25, -0.2) is 13.2 Å². The summed E-state index contributed by atoms with van der Waals surface area (Å²) in [7, 11) is 1.28. The highest BCUT2D eigenvalue weighted by Crippen LogP contribution is 2.20. The molecule has 0 aromatic heterocycles. The predicted octanol–water partition coefficient (Wildman–Crippen LogP) is 3.54. The standard InChI is InChI=1S/C15H11F3O2/c1-20-15-7-10(3-5-12(15)17)14(19)6-9-2-4-11(16)8-13(9)18/h2-5,7-8H,6H2,1H3. The number of hydrogen-bond donors (Lipinski definition) is 0. The van der Waals surface area contributed by atoms with E-state index in [4.69, 9.17) is 4.74 Å². The van der Waals surface area contributed by atoms with Crippen LogP contribution in [0.25, 0.3) is 0 Å². The Balaban J connectivity index is 2.24. The van der Waals surface area contributed by atoms with Gasteiger partial charge in [-0.05, 0) is 29.8 Å². The number of Topliss-reactive ketones (excluding diaryl/α,β-unsaturated/α-hetero) is 1. The van der Waals surface area contributed by atoms with Crippen molar-refractivity contribution in [3.63, 3.8) is 0 Å². The molecule has 0 atom stereocenters. The van der Waals surface area contributed by atoms with Crippen molar-refractivity contribution >= 4 is 5.78 Å². The molecule has 0 heterocycles. The molecule has 2 rings (SSSR count). The van der Waals surface area contributed by atoms with Gasteiger partial charge in [-0.3, -0.25) is 4.79 Å². The molecule has 104 valence electrons. The van der Waals surface area contributed by atoms with Crippen LogP contribution in [-0.2, 0) is 6.42 Å². The second-order valence-electron chi connectivity index (χ2n) is 4.19. The third-order valence-electron chi connectivity index (χ3n) is 2.84. The molecule has 2 aromatic carbocycles. The van der Waals surface area contributed by atoms with Gasteiger partial charge in [0.25, 0.3) is 0 Å². The number of benzene rings is 2. The van der Waals surface area contributed by atoms with Gasteiger partial charge in [-0.15, -0.1) is 0 Å². The first-order valence-electron chi connectivity index (χ1n) is 5.82. The van der Waals surface area contributed by atoms with E-state index in [-0.39, 0.29) is 23.3 Å². The summed E-state index contributed by atoms with van der Waals surface area (Å²) >= 11 is 0. The Morgan fingerprint density at radius 3 is 2.45 bits per heavy atom. The number of ether oxygens (including phenoxy) is 1. The van der Waals surface area contributed by atoms with Crippen LogP contribution in [0.2, 0.25) is 0 Å². The van der Waals surface area contributed by atoms with Crippen LogP contribution in [0.4, 0.5) is 13.2 Å². The summed E-state index contributed by atoms with van der Waals surface area (Å²) < 4.78 is 44.2. The number of ketones is 1. The fraction of sp³-hybridized carbons (Fsp3) is 0.133. The Labute approximate surface area is 113 Å². The molecule has 20 heavy (non-hydrogen) atoms. The summed E-state index contributed by atoms with van der Waals surface area (Å²) in [6, 6.07) is 6.65. The molecular formula is C15H11F3O2. The average molecular weight is 280 g/mol. The molecule has 0 aliphatic carbocycles. The first-order valence-corrected chi connectivity index (χ1v) is 5.82. The lowest BCUT2D eigenvalue weighted by atomic mass is 10.0. The summed E-state index contributed by atoms with van der Waals surface area (Å²) in [5.74, 6) is -2.55. The van der Waals surface area contributed by atoms with E-state index < -0.39 is 23.2 Å². The maximum atomic E-state index is 13.5. The second-order valence-corrected chi connectivity index (χ2v) is 4.19. The average Bonchev–Trinajstić information content (AvgIpc) is 2.42. The van der Waals surface area contributed by atoms with Crippen molar-refractivity contribution in [1.82, 2.24) is 0 Å². The predicted molar refractivity (Wildman–Crippen MR) is 67.3 cm³/mol. The number of rotatable bonds is 4. The number of carbonyl (C=O) groups is 1. The Hall–Kier alpha value is -2.30. The van der Waals surface area contributed by atoms with Gasteiger partial charge in [0, 0.05) is 18.1 Å². The summed E-state index contributed by atoms with van der Waals surface area (Å²) in [4.78, 5) is 12.0. The van der Waals surface area contributed by atoms with Gasteiger partial charge < -0.3 is 4.74 Å². The van der Waals surface area contributed by atoms with Crippen molar-refractivity contribution in [1.29, 1.82) is 0 Å². The van der Waals surface area contributed by atoms with Crippen LogP contribution >= 0.6 is 0 Å². The number of carbonyl (C=O) groups excluding carboxylic acids is 1. The van der Waals surface area contributed by atoms with Gasteiger partial charge in [0.2, 0.25) is 0 Å². The van der Waals surface area contributed by atoms with Crippen LogP contribution in [0.1, 0.15) is 15.9 Å². The third-order valence-corrected chi connectivity index (χ3v) is 2.84. The summed E-state index contributed by atoms with van der Waals surface area (Å²) in [5, 5.41) is 0. The van der Waals surface area contributed by atoms with Crippen LogP contribution in [0, 0.1) is 17.5 Å². The van der Waals surface area contributed by atoms with Gasteiger partial charge in [-0.2, -0.15) is 0 Å². The van der Waals surface area contributed by atoms with Gasteiger partial charge in [0.1, 0.15) is 11.6 Å². The first kappa shape index (κ1) is 14.1. The highest BCUT2D eigenvalue weighted by Gasteiger charge is 2.13. The number of hydrogen-bond acceptors (Lipinski definition) is 2. The van der Waals surface area contributed by atoms with Crippen molar-refractivity contribution in [3.8, 4) is 5.75 Å². The molecule has 0 aliphatic rings. The zero-order valence-electron chi connectivity index (χ0n) is 10.6. The van der Waals surface area contributed by atoms with Crippen LogP contribution in [-0.4, -0.2) is 12.9 Å². The lowest BCUT2D eigenvalue weighted by Gasteiger charge is -2.06. The Morgan fingerprint density at radius 2 is 1.80 bits per heavy atom. The molecule has 0 saturated carbocycles. The Bertz CT molecular complexity index is 654. The summed E-state index contributed by atoms with van der Waals surface area (Å²) in [6.45, 7) is 0. The molecule has 0 N–H and O–H groups in total. The molecule has 2 aromatic rings. The normalized spacial score (nSPS) is 10.4. The third kappa shape index (κ3) is 2.99. The molecule has 0 unspecified atom stereocenters. The molecule has 0 spiro atoms. The van der Waals surface area contributed by atoms with E-state index >= 15 is 0 Å². The van der Waals surface area contributed by atoms with E-state index in [9.17, 15) is 18.0 Å². The maximum Gasteiger partial charge on any atom is 0.167 e. The zero-order valence-corrected chi connectivity index (χ0v) is 10.6. The number of methoxy groups -OCH3 is 1. The molecule has 0 bridgehead atoms. The van der Waals surface area contributed by atoms with E-state index in [1.807, 2.05) is 0 Å². The fourth-order valence-corrected chi connectivity index (χ4v) is 1.77. The lowest BCUT2D eigenvalue weighted by Crippen LogP contribution is -2.06. The largest absolute Gasteiger partial charge is 0.494 e. The van der Waals surface area contributed by atoms with Crippen molar-refractivity contribution < 1.29 is 22.7 Å². The monoisotopic (exact) mass is 280 g/mol. The first-order chi connectivity index (χ1) is 9.51. The minimum atomic E-state index is -0.785. The summed E-state index contributed by atoms with van der Waals surface area (Å²) in [6.07, 6.45) is -0.235. The van der Waals surface area contributed by atoms with E-state index in [1.165, 1.54) is 25.3 Å². The van der Waals surface area contributed by atoms with Gasteiger partial charge in [-0.1, -0.05) is 6.07 Å². The van der Waals surface area contributed by atoms with Crippen LogP contribution in [0.3, 0.4) is 0 Å². The SMILES string of the molecule is COc1cc(C(=O)Cc2ccc(F)cc2F)ccc1F. The van der Waals surface area contributed by atoms with E-state index in [0.29, 0.717) is 6.07 Å². The fourth-order valence-electron chi connectivity index (χ4n) is 1.77. The second kappa shape index (κ2) is 5.77. The van der Waals surface area contributed by atoms with Gasteiger partial charge >= 0.3 is 0 Å². The molecule has 0 saturated heterocycles. The molecule has 0 amide bonds. The van der Waals surface area contributed by atoms with Gasteiger partial charge in [0.15, 0.2) is 17.3 Å². The minimum Gasteiger partial charge on any atom is -0.494 e. The lowest BCUT2D eigenvalue weighted by molar-refractivity contribution is 0.0991. The molecule has 5 heteroatoms. The maximum absolute atomic E-state index is 13.5. The van der Waals surface area contributed by atoms with Crippen LogP contribution in [0.15, 0.2) is 36.4 Å². The van der Waals surface area contributed by atoms with Crippen molar-refractivity contribution in [2.24, 2.45) is 0 Å². The zero-order chi connectivity index (χ0) is 14.7. The highest BCUT2D eigenvalue weighted by molar-refractivity contribution is 5.97. The van der Waals surface area contributed by atoms with Crippen molar-refractivity contribution in [2.75, 3.05) is 7.11 Å². The smallest absolute Gasteiger partial charge is 0.167 e. The van der Waals surface area contributed by atoms with E-state index in [2.05, 4.69) is 0 Å².